The van der Waals surface area contributed by atoms with Crippen molar-refractivity contribution < 1.29 is 32.3 Å². The van der Waals surface area contributed by atoms with Gasteiger partial charge in [-0.25, -0.2) is 13.4 Å². The van der Waals surface area contributed by atoms with E-state index >= 15 is 0 Å². The van der Waals surface area contributed by atoms with E-state index < -0.39 is 15.7 Å². The first-order valence-corrected chi connectivity index (χ1v) is 14.9. The maximum atomic E-state index is 13.1. The summed E-state index contributed by atoms with van der Waals surface area (Å²) in [4.78, 5) is 34.6. The van der Waals surface area contributed by atoms with Crippen molar-refractivity contribution >= 4 is 55.7 Å². The van der Waals surface area contributed by atoms with Gasteiger partial charge in [-0.3, -0.25) is 14.9 Å². The Bertz CT molecular complexity index is 1200. The zero-order valence-corrected chi connectivity index (χ0v) is 22.1. The molecule has 1 aliphatic carbocycles. The van der Waals surface area contributed by atoms with Gasteiger partial charge in [-0.1, -0.05) is 28.6 Å². The molecule has 2 fully saturated rings. The van der Waals surface area contributed by atoms with Crippen LogP contribution in [0.25, 0.3) is 0 Å². The predicted molar refractivity (Wildman–Crippen MR) is 136 cm³/mol. The third-order valence-corrected chi connectivity index (χ3v) is 9.76. The van der Waals surface area contributed by atoms with Crippen molar-refractivity contribution in [2.24, 2.45) is 5.16 Å². The Hall–Kier alpha value is -2.48. The van der Waals surface area contributed by atoms with Crippen LogP contribution >= 0.6 is 23.1 Å². The van der Waals surface area contributed by atoms with Gasteiger partial charge >= 0.3 is 5.97 Å². The highest BCUT2D eigenvalue weighted by Gasteiger charge is 2.36. The number of hydrogen-bond donors (Lipinski definition) is 1. The van der Waals surface area contributed by atoms with E-state index in [0.717, 1.165) is 4.21 Å². The average molecular weight is 554 g/mol. The number of anilines is 1. The Balaban J connectivity index is 1.44. The Morgan fingerprint density at radius 1 is 1.25 bits per heavy atom. The van der Waals surface area contributed by atoms with Crippen LogP contribution in [0.15, 0.2) is 44.7 Å². The van der Waals surface area contributed by atoms with E-state index in [2.05, 4.69) is 15.5 Å². The molecule has 1 amide bonds. The fourth-order valence-electron chi connectivity index (χ4n) is 3.33. The van der Waals surface area contributed by atoms with E-state index in [9.17, 15) is 18.0 Å². The van der Waals surface area contributed by atoms with E-state index in [1.807, 2.05) is 0 Å². The first-order valence-electron chi connectivity index (χ1n) is 11.6. The second-order valence-corrected chi connectivity index (χ2v) is 12.8. The van der Waals surface area contributed by atoms with Crippen molar-refractivity contribution in [3.05, 3.63) is 36.0 Å². The number of nitrogens with zero attached hydrogens (tertiary/aromatic N) is 2. The van der Waals surface area contributed by atoms with Crippen molar-refractivity contribution in [3.8, 4) is 0 Å². The number of carbonyl (C=O) groups excluding carboxylic acids is 2. The van der Waals surface area contributed by atoms with Crippen LogP contribution in [-0.4, -0.2) is 67.9 Å². The van der Waals surface area contributed by atoms with Gasteiger partial charge in [0, 0.05) is 17.7 Å². The molecule has 1 saturated carbocycles. The summed E-state index contributed by atoms with van der Waals surface area (Å²) in [5.74, 6) is -0.259. The molecule has 2 aromatic rings. The number of nitrogens with one attached hydrogen (secondary N) is 1. The number of thioether (sulfide) groups is 1. The summed E-state index contributed by atoms with van der Waals surface area (Å²) in [6.07, 6.45) is 3.65. The number of sulfone groups is 1. The molecule has 0 unspecified atom stereocenters. The Kier molecular flexibility index (Phi) is 8.99. The molecule has 1 saturated heterocycles. The Morgan fingerprint density at radius 2 is 2.03 bits per heavy atom. The molecule has 13 heteroatoms. The number of rotatable bonds is 12. The number of esters is 1. The molecule has 0 spiro atoms. The van der Waals surface area contributed by atoms with Gasteiger partial charge < -0.3 is 14.3 Å². The van der Waals surface area contributed by atoms with Crippen LogP contribution in [-0.2, 0) is 33.7 Å². The fourth-order valence-corrected chi connectivity index (χ4v) is 6.85. The third kappa shape index (κ3) is 7.05. The van der Waals surface area contributed by atoms with Crippen molar-refractivity contribution in [1.82, 2.24) is 4.98 Å². The minimum absolute atomic E-state index is 0.00369. The molecule has 4 rings (SSSR count). The normalized spacial score (nSPS) is 18.1. The summed E-state index contributed by atoms with van der Waals surface area (Å²) in [5.41, 5.74) is 0.422. The topological polar surface area (TPSA) is 133 Å². The molecule has 2 heterocycles. The van der Waals surface area contributed by atoms with Gasteiger partial charge in [0.05, 0.1) is 46.8 Å². The molecule has 1 aromatic heterocycles. The summed E-state index contributed by atoms with van der Waals surface area (Å²) in [7, 11) is -3.34. The predicted octanol–water partition coefficient (Wildman–Crippen LogP) is 3.27. The summed E-state index contributed by atoms with van der Waals surface area (Å²) in [6, 6.07) is 6.10. The van der Waals surface area contributed by atoms with Crippen LogP contribution in [0.4, 0.5) is 5.13 Å². The number of amides is 1. The quantitative estimate of drug-likeness (QED) is 0.182. The fraction of sp³-hybridized carbons (Fsp3) is 0.478. The van der Waals surface area contributed by atoms with E-state index in [0.29, 0.717) is 55.5 Å². The monoisotopic (exact) mass is 553 g/mol. The minimum Gasteiger partial charge on any atom is -0.466 e. The molecule has 1 aromatic carbocycles. The lowest BCUT2D eigenvalue weighted by molar-refractivity contribution is -0.142. The highest BCUT2D eigenvalue weighted by atomic mass is 32.2. The first kappa shape index (κ1) is 26.6. The number of benzene rings is 1. The third-order valence-electron chi connectivity index (χ3n) is 5.38. The van der Waals surface area contributed by atoms with Crippen LogP contribution in [0.1, 0.15) is 38.2 Å². The lowest BCUT2D eigenvalue weighted by atomic mass is 10.1. The molecular weight excluding hydrogens is 526 g/mol. The molecule has 1 atom stereocenters. The first-order chi connectivity index (χ1) is 17.4. The summed E-state index contributed by atoms with van der Waals surface area (Å²) >= 11 is 2.71. The molecule has 0 bridgehead atoms. The lowest BCUT2D eigenvalue weighted by Gasteiger charge is -2.10. The number of oxime groups is 1. The summed E-state index contributed by atoms with van der Waals surface area (Å²) in [6.45, 7) is 3.05. The zero-order valence-electron chi connectivity index (χ0n) is 19.7. The molecule has 194 valence electrons. The SMILES string of the molecule is CCOC(=O)CCSc1cnc(NC(=O)/C(=N/O[C@@H]2CCOC2)c2ccc(S(=O)(=O)C3CC3)cc2)s1. The van der Waals surface area contributed by atoms with Gasteiger partial charge in [-0.05, 0) is 31.9 Å². The highest BCUT2D eigenvalue weighted by Crippen LogP contribution is 2.33. The largest absolute Gasteiger partial charge is 0.466 e. The number of aromatic nitrogens is 1. The van der Waals surface area contributed by atoms with Crippen molar-refractivity contribution in [3.63, 3.8) is 0 Å². The molecule has 1 aliphatic heterocycles. The van der Waals surface area contributed by atoms with Crippen LogP contribution in [0.5, 0.6) is 0 Å². The molecule has 0 radical (unpaired) electrons. The van der Waals surface area contributed by atoms with Crippen LogP contribution < -0.4 is 5.32 Å². The number of ether oxygens (including phenoxy) is 2. The Labute approximate surface area is 217 Å². The van der Waals surface area contributed by atoms with E-state index in [1.54, 1.807) is 25.3 Å². The van der Waals surface area contributed by atoms with Gasteiger partial charge in [0.25, 0.3) is 5.91 Å². The number of carbonyl (C=O) groups is 2. The molecule has 2 aliphatic rings. The summed E-state index contributed by atoms with van der Waals surface area (Å²) < 4.78 is 36.1. The van der Waals surface area contributed by atoms with Gasteiger partial charge in [0.2, 0.25) is 0 Å². The van der Waals surface area contributed by atoms with Crippen molar-refractivity contribution in [2.75, 3.05) is 30.9 Å². The van der Waals surface area contributed by atoms with E-state index in [4.69, 9.17) is 14.3 Å². The van der Waals surface area contributed by atoms with E-state index in [1.165, 1.54) is 35.2 Å². The average Bonchev–Trinajstić information content (AvgIpc) is 3.44. The number of thiazole rings is 1. The standard InChI is InChI=1S/C23H27N3O7S3/c1-2-32-19(27)10-12-34-20-13-24-23(35-20)25-22(28)21(26-33-16-9-11-31-14-16)15-3-5-17(6-4-15)36(29,30)18-7-8-18/h3-6,13,16,18H,2,7-12,14H2,1H3,(H,24,25,28)/b26-21+/t16-/m1/s1. The van der Waals surface area contributed by atoms with Crippen LogP contribution in [0.2, 0.25) is 0 Å². The van der Waals surface area contributed by atoms with Gasteiger partial charge in [0.1, 0.15) is 0 Å². The molecule has 10 nitrogen and oxygen atoms in total. The minimum atomic E-state index is -3.34. The van der Waals surface area contributed by atoms with Crippen LogP contribution in [0.3, 0.4) is 0 Å². The number of hydrogen-bond acceptors (Lipinski definition) is 11. The van der Waals surface area contributed by atoms with Gasteiger partial charge in [-0.2, -0.15) is 0 Å². The molecule has 36 heavy (non-hydrogen) atoms. The van der Waals surface area contributed by atoms with Gasteiger partial charge in [-0.15, -0.1) is 11.8 Å². The second kappa shape index (κ2) is 12.2. The van der Waals surface area contributed by atoms with Crippen molar-refractivity contribution in [2.45, 2.75) is 53.1 Å². The maximum absolute atomic E-state index is 13.1. The maximum Gasteiger partial charge on any atom is 0.306 e. The van der Waals surface area contributed by atoms with E-state index in [-0.39, 0.29) is 34.4 Å². The molecule has 1 N–H and O–H groups in total. The molecular formula is C23H27N3O7S3. The summed E-state index contributed by atoms with van der Waals surface area (Å²) in [5, 5.41) is 6.88. The van der Waals surface area contributed by atoms with Gasteiger partial charge in [0.15, 0.2) is 26.8 Å². The van der Waals surface area contributed by atoms with Crippen LogP contribution in [0, 0.1) is 0 Å². The smallest absolute Gasteiger partial charge is 0.306 e. The Morgan fingerprint density at radius 3 is 2.69 bits per heavy atom. The highest BCUT2D eigenvalue weighted by molar-refractivity contribution is 8.01. The lowest BCUT2D eigenvalue weighted by Crippen LogP contribution is -2.25. The second-order valence-electron chi connectivity index (χ2n) is 8.14. The zero-order chi connectivity index (χ0) is 25.5. The van der Waals surface area contributed by atoms with Crippen molar-refractivity contribution in [1.29, 1.82) is 0 Å².